The van der Waals surface area contributed by atoms with Crippen LogP contribution in [0.5, 0.6) is 0 Å². The highest BCUT2D eigenvalue weighted by Gasteiger charge is 2.40. The van der Waals surface area contributed by atoms with Gasteiger partial charge in [-0.1, -0.05) is 0 Å². The molecule has 3 aromatic heterocycles. The summed E-state index contributed by atoms with van der Waals surface area (Å²) in [5.41, 5.74) is 1.79. The Morgan fingerprint density at radius 3 is 2.83 bits per heavy atom. The number of rotatable bonds is 6. The van der Waals surface area contributed by atoms with E-state index in [4.69, 9.17) is 10.2 Å². The van der Waals surface area contributed by atoms with Gasteiger partial charge in [0.05, 0.1) is 11.5 Å². The van der Waals surface area contributed by atoms with Crippen LogP contribution in [0.2, 0.25) is 0 Å². The van der Waals surface area contributed by atoms with Crippen LogP contribution in [0.4, 0.5) is 17.6 Å². The van der Waals surface area contributed by atoms with Crippen molar-refractivity contribution in [2.45, 2.75) is 57.2 Å². The maximum Gasteiger partial charge on any atom is 0.226 e. The van der Waals surface area contributed by atoms with Crippen LogP contribution in [0.25, 0.3) is 11.0 Å². The summed E-state index contributed by atoms with van der Waals surface area (Å²) in [4.78, 5) is 15.1. The number of H-pyrrole nitrogens is 2. The van der Waals surface area contributed by atoms with Gasteiger partial charge in [-0.2, -0.15) is 20.3 Å². The number of fused-ring (bicyclic) bond motifs is 3. The lowest BCUT2D eigenvalue weighted by molar-refractivity contribution is 0.135. The summed E-state index contributed by atoms with van der Waals surface area (Å²) >= 11 is 0. The van der Waals surface area contributed by atoms with Gasteiger partial charge in [-0.25, -0.2) is 0 Å². The maximum atomic E-state index is 8.92. The molecular formula is C20H25N9. The molecule has 2 aliphatic rings. The molecule has 0 saturated carbocycles. The third kappa shape index (κ3) is 3.51. The van der Waals surface area contributed by atoms with E-state index in [-0.39, 0.29) is 0 Å². The second kappa shape index (κ2) is 7.37. The average molecular weight is 391 g/mol. The van der Waals surface area contributed by atoms with Crippen LogP contribution in [0.15, 0.2) is 18.3 Å². The first-order valence-electron chi connectivity index (χ1n) is 10.2. The molecule has 0 aromatic carbocycles. The van der Waals surface area contributed by atoms with Gasteiger partial charge in [0.2, 0.25) is 5.95 Å². The van der Waals surface area contributed by atoms with Crippen LogP contribution in [0.1, 0.15) is 37.8 Å². The van der Waals surface area contributed by atoms with Crippen molar-refractivity contribution in [1.82, 2.24) is 30.0 Å². The summed E-state index contributed by atoms with van der Waals surface area (Å²) in [7, 11) is 0. The molecule has 2 atom stereocenters. The lowest BCUT2D eigenvalue weighted by atomic mass is 9.97. The predicted octanol–water partition coefficient (Wildman–Crippen LogP) is 3.05. The minimum absolute atomic E-state index is 0.346. The molecule has 2 aliphatic heterocycles. The van der Waals surface area contributed by atoms with E-state index < -0.39 is 0 Å². The smallest absolute Gasteiger partial charge is 0.226 e. The minimum atomic E-state index is 0.346. The van der Waals surface area contributed by atoms with Crippen molar-refractivity contribution in [3.63, 3.8) is 0 Å². The Balaban J connectivity index is 1.34. The zero-order valence-electron chi connectivity index (χ0n) is 16.4. The molecule has 2 fully saturated rings. The standard InChI is InChI=1S/C20H25N9/c1-12-9-17(28-27-12)24-19-16-5-7-22-18(16)25-20(26-19)23-13-10-14-3-4-15(11-13)29(14)8-2-6-21/h5,7,9,13-15H,2-4,8,10-11H2,1H3,(H4,22,23,24,25,26,27,28). The van der Waals surface area contributed by atoms with E-state index >= 15 is 0 Å². The number of nitrogens with zero attached hydrogens (tertiary/aromatic N) is 5. The molecule has 2 bridgehead atoms. The van der Waals surface area contributed by atoms with Crippen molar-refractivity contribution >= 4 is 28.6 Å². The highest BCUT2D eigenvalue weighted by molar-refractivity contribution is 5.89. The second-order valence-electron chi connectivity index (χ2n) is 8.04. The van der Waals surface area contributed by atoms with Crippen LogP contribution in [0, 0.1) is 18.3 Å². The van der Waals surface area contributed by atoms with Gasteiger partial charge in [-0.05, 0) is 38.7 Å². The summed E-state index contributed by atoms with van der Waals surface area (Å²) in [6.07, 6.45) is 7.05. The Kier molecular flexibility index (Phi) is 4.56. The second-order valence-corrected chi connectivity index (χ2v) is 8.04. The first-order valence-corrected chi connectivity index (χ1v) is 10.2. The van der Waals surface area contributed by atoms with Gasteiger partial charge in [-0.3, -0.25) is 10.00 Å². The zero-order valence-corrected chi connectivity index (χ0v) is 16.4. The average Bonchev–Trinajstić information content (AvgIpc) is 3.39. The van der Waals surface area contributed by atoms with Crippen molar-refractivity contribution in [2.24, 2.45) is 0 Å². The Morgan fingerprint density at radius 2 is 2.10 bits per heavy atom. The van der Waals surface area contributed by atoms with E-state index in [1.165, 1.54) is 12.8 Å². The summed E-state index contributed by atoms with van der Waals surface area (Å²) < 4.78 is 0. The third-order valence-corrected chi connectivity index (χ3v) is 6.07. The fourth-order valence-electron chi connectivity index (χ4n) is 4.82. The van der Waals surface area contributed by atoms with Gasteiger partial charge in [0.1, 0.15) is 11.5 Å². The Hall–Kier alpha value is -3.12. The van der Waals surface area contributed by atoms with Crippen molar-refractivity contribution in [2.75, 3.05) is 17.2 Å². The number of aromatic nitrogens is 5. The third-order valence-electron chi connectivity index (χ3n) is 6.07. The van der Waals surface area contributed by atoms with Crippen molar-refractivity contribution in [1.29, 1.82) is 5.26 Å². The van der Waals surface area contributed by atoms with E-state index in [1.807, 2.05) is 25.3 Å². The Bertz CT molecular complexity index is 1030. The molecule has 150 valence electrons. The van der Waals surface area contributed by atoms with Crippen LogP contribution >= 0.6 is 0 Å². The first kappa shape index (κ1) is 17.9. The molecule has 29 heavy (non-hydrogen) atoms. The van der Waals surface area contributed by atoms with Crippen LogP contribution in [-0.4, -0.2) is 54.7 Å². The highest BCUT2D eigenvalue weighted by atomic mass is 15.3. The van der Waals surface area contributed by atoms with Gasteiger partial charge in [-0.15, -0.1) is 0 Å². The summed E-state index contributed by atoms with van der Waals surface area (Å²) in [6, 6.07) is 7.65. The summed E-state index contributed by atoms with van der Waals surface area (Å²) in [5, 5.41) is 23.9. The SMILES string of the molecule is Cc1cc(Nc2nc(NC3CC4CCC(C3)N4CCC#N)nc3[nH]ccc23)n[nH]1. The molecule has 0 radical (unpaired) electrons. The molecule has 5 heterocycles. The predicted molar refractivity (Wildman–Crippen MR) is 111 cm³/mol. The lowest BCUT2D eigenvalue weighted by Crippen LogP contribution is -2.47. The number of piperidine rings is 1. The van der Waals surface area contributed by atoms with Crippen LogP contribution < -0.4 is 10.6 Å². The molecule has 2 unspecified atom stereocenters. The molecule has 0 aliphatic carbocycles. The number of aryl methyl sites for hydroxylation is 1. The molecule has 0 spiro atoms. The van der Waals surface area contributed by atoms with E-state index in [0.29, 0.717) is 30.5 Å². The number of hydrogen-bond donors (Lipinski definition) is 4. The zero-order chi connectivity index (χ0) is 19.8. The van der Waals surface area contributed by atoms with E-state index in [0.717, 1.165) is 47.7 Å². The number of hydrogen-bond acceptors (Lipinski definition) is 7. The number of nitrogens with one attached hydrogen (secondary N) is 4. The quantitative estimate of drug-likeness (QED) is 0.509. The molecule has 9 nitrogen and oxygen atoms in total. The van der Waals surface area contributed by atoms with Crippen LogP contribution in [-0.2, 0) is 0 Å². The maximum absolute atomic E-state index is 8.92. The van der Waals surface area contributed by atoms with Gasteiger partial charge in [0.25, 0.3) is 0 Å². The van der Waals surface area contributed by atoms with Crippen molar-refractivity contribution in [3.05, 3.63) is 24.0 Å². The summed E-state index contributed by atoms with van der Waals surface area (Å²) in [6.45, 7) is 2.86. The molecule has 0 amide bonds. The normalized spacial score (nSPS) is 23.9. The molecule has 2 saturated heterocycles. The Morgan fingerprint density at radius 1 is 1.28 bits per heavy atom. The van der Waals surface area contributed by atoms with Gasteiger partial charge < -0.3 is 15.6 Å². The molecule has 9 heteroatoms. The molecule has 5 rings (SSSR count). The lowest BCUT2D eigenvalue weighted by Gasteiger charge is -2.38. The first-order chi connectivity index (χ1) is 14.2. The number of anilines is 3. The Labute approximate surface area is 168 Å². The monoisotopic (exact) mass is 391 g/mol. The van der Waals surface area contributed by atoms with Gasteiger partial charge in [0, 0.05) is 49.0 Å². The molecule has 4 N–H and O–H groups in total. The minimum Gasteiger partial charge on any atom is -0.351 e. The molecule has 3 aromatic rings. The topological polar surface area (TPSA) is 121 Å². The van der Waals surface area contributed by atoms with Gasteiger partial charge >= 0.3 is 0 Å². The largest absolute Gasteiger partial charge is 0.351 e. The van der Waals surface area contributed by atoms with E-state index in [2.05, 4.69) is 41.8 Å². The van der Waals surface area contributed by atoms with Crippen molar-refractivity contribution < 1.29 is 0 Å². The van der Waals surface area contributed by atoms with Crippen molar-refractivity contribution in [3.8, 4) is 6.07 Å². The van der Waals surface area contributed by atoms with Gasteiger partial charge in [0.15, 0.2) is 5.82 Å². The highest BCUT2D eigenvalue weighted by Crippen LogP contribution is 2.37. The fraction of sp³-hybridized carbons (Fsp3) is 0.500. The molecular weight excluding hydrogens is 366 g/mol. The summed E-state index contributed by atoms with van der Waals surface area (Å²) in [5.74, 6) is 2.10. The van der Waals surface area contributed by atoms with Crippen LogP contribution in [0.3, 0.4) is 0 Å². The number of nitriles is 1. The van der Waals surface area contributed by atoms with E-state index in [9.17, 15) is 0 Å². The fourth-order valence-corrected chi connectivity index (χ4v) is 4.82. The van der Waals surface area contributed by atoms with E-state index in [1.54, 1.807) is 0 Å². The number of aromatic amines is 2.